The summed E-state index contributed by atoms with van der Waals surface area (Å²) in [5.74, 6) is 1.50. The first kappa shape index (κ1) is 38.6. The molecule has 0 atom stereocenters. The van der Waals surface area contributed by atoms with Crippen LogP contribution in [0.3, 0.4) is 0 Å². The molecule has 1 aromatic carbocycles. The van der Waals surface area contributed by atoms with Gasteiger partial charge >= 0.3 is 0 Å². The Labute approximate surface area is 275 Å². The number of unbranched alkanes of at least 4 members (excludes halogenated alkanes) is 27. The van der Waals surface area contributed by atoms with Crippen molar-refractivity contribution in [1.82, 2.24) is 4.57 Å². The van der Waals surface area contributed by atoms with E-state index in [9.17, 15) is 0 Å². The molecule has 0 unspecified atom stereocenters. The monoisotopic (exact) mass is 608 g/mol. The van der Waals surface area contributed by atoms with Crippen molar-refractivity contribution >= 4 is 0 Å². The molecule has 0 saturated carbocycles. The molecule has 0 N–H and O–H groups in total. The molecule has 0 saturated heterocycles. The molecule has 2 nitrogen and oxygen atoms in total. The lowest BCUT2D eigenvalue weighted by Crippen LogP contribution is -2.37. The van der Waals surface area contributed by atoms with Gasteiger partial charge < -0.3 is 0 Å². The number of benzene rings is 1. The molecule has 0 fully saturated rings. The van der Waals surface area contributed by atoms with E-state index >= 15 is 0 Å². The number of rotatable bonds is 32. The van der Waals surface area contributed by atoms with Crippen LogP contribution in [0.5, 0.6) is 0 Å². The first-order valence-electron chi connectivity index (χ1n) is 20.0. The fourth-order valence-electron chi connectivity index (χ4n) is 6.88. The van der Waals surface area contributed by atoms with Crippen LogP contribution in [0.1, 0.15) is 206 Å². The van der Waals surface area contributed by atoms with E-state index in [4.69, 9.17) is 0 Å². The maximum atomic E-state index is 2.57. The van der Waals surface area contributed by atoms with E-state index in [1.165, 1.54) is 211 Å². The molecule has 1 heterocycles. The predicted octanol–water partition coefficient (Wildman–Crippen LogP) is 13.7. The van der Waals surface area contributed by atoms with Crippen molar-refractivity contribution < 1.29 is 4.57 Å². The molecule has 2 heteroatoms. The number of nitrogens with zero attached hydrogens (tertiary/aromatic N) is 2. The Morgan fingerprint density at radius 1 is 0.432 bits per heavy atom. The minimum atomic E-state index is 1.17. The van der Waals surface area contributed by atoms with Gasteiger partial charge in [0.15, 0.2) is 0 Å². The lowest BCUT2D eigenvalue weighted by molar-refractivity contribution is -0.704. The molecule has 0 aliphatic heterocycles. The molecule has 0 aliphatic rings. The van der Waals surface area contributed by atoms with Crippen LogP contribution < -0.4 is 4.57 Å². The van der Waals surface area contributed by atoms with Crippen LogP contribution in [-0.2, 0) is 13.0 Å². The number of hydrogen-bond donors (Lipinski definition) is 0. The van der Waals surface area contributed by atoms with Gasteiger partial charge in [-0.1, -0.05) is 199 Å². The van der Waals surface area contributed by atoms with Crippen molar-refractivity contribution in [3.63, 3.8) is 0 Å². The van der Waals surface area contributed by atoms with Gasteiger partial charge in [0.2, 0.25) is 0 Å². The second-order valence-electron chi connectivity index (χ2n) is 13.9. The molecule has 2 aromatic rings. The Hall–Kier alpha value is -1.57. The molecular weight excluding hydrogens is 532 g/mol. The molecule has 252 valence electrons. The third-order valence-corrected chi connectivity index (χ3v) is 9.80. The summed E-state index contributed by atoms with van der Waals surface area (Å²) in [7, 11) is 0. The number of aromatic nitrogens is 2. The Morgan fingerprint density at radius 3 is 1.20 bits per heavy atom. The zero-order valence-corrected chi connectivity index (χ0v) is 29.9. The van der Waals surface area contributed by atoms with Gasteiger partial charge in [0.25, 0.3) is 5.82 Å². The van der Waals surface area contributed by atoms with Crippen molar-refractivity contribution in [3.05, 3.63) is 48.5 Å². The van der Waals surface area contributed by atoms with Gasteiger partial charge in [0.05, 0.1) is 6.54 Å². The minimum absolute atomic E-state index is 1.17. The van der Waals surface area contributed by atoms with Crippen LogP contribution in [0, 0.1) is 0 Å². The van der Waals surface area contributed by atoms with E-state index in [2.05, 4.69) is 65.7 Å². The van der Waals surface area contributed by atoms with Crippen LogP contribution >= 0.6 is 0 Å². The van der Waals surface area contributed by atoms with E-state index in [0.29, 0.717) is 0 Å². The van der Waals surface area contributed by atoms with Crippen LogP contribution in [0.4, 0.5) is 0 Å². The molecule has 0 bridgehead atoms. The minimum Gasteiger partial charge on any atom is -0.234 e. The Bertz CT molecular complexity index is 854. The summed E-state index contributed by atoms with van der Waals surface area (Å²) in [4.78, 5) is 0. The van der Waals surface area contributed by atoms with Crippen LogP contribution in [0.15, 0.2) is 42.7 Å². The smallest absolute Gasteiger partial charge is 0.234 e. The van der Waals surface area contributed by atoms with Crippen molar-refractivity contribution in [3.8, 4) is 5.69 Å². The average Bonchev–Trinajstić information content (AvgIpc) is 3.45. The van der Waals surface area contributed by atoms with Gasteiger partial charge in [0.1, 0.15) is 18.1 Å². The largest absolute Gasteiger partial charge is 0.261 e. The highest BCUT2D eigenvalue weighted by Crippen LogP contribution is 2.17. The van der Waals surface area contributed by atoms with Gasteiger partial charge in [-0.15, -0.1) is 0 Å². The lowest BCUT2D eigenvalue weighted by Gasteiger charge is -2.07. The zero-order chi connectivity index (χ0) is 31.2. The molecule has 0 amide bonds. The van der Waals surface area contributed by atoms with E-state index < -0.39 is 0 Å². The molecule has 0 aliphatic carbocycles. The Kier molecular flexibility index (Phi) is 25.3. The van der Waals surface area contributed by atoms with Crippen molar-refractivity contribution in [2.75, 3.05) is 0 Å². The molecule has 2 rings (SSSR count). The van der Waals surface area contributed by atoms with Crippen molar-refractivity contribution in [1.29, 1.82) is 0 Å². The molecule has 0 radical (unpaired) electrons. The summed E-state index contributed by atoms with van der Waals surface area (Å²) in [5.41, 5.74) is 1.31. The fourth-order valence-corrected chi connectivity index (χ4v) is 6.88. The summed E-state index contributed by atoms with van der Waals surface area (Å²) in [6, 6.07) is 11.0. The summed E-state index contributed by atoms with van der Waals surface area (Å²) in [6.45, 7) is 5.79. The predicted molar refractivity (Wildman–Crippen MR) is 195 cm³/mol. The van der Waals surface area contributed by atoms with E-state index in [1.807, 2.05) is 0 Å². The van der Waals surface area contributed by atoms with Gasteiger partial charge in [0, 0.05) is 6.42 Å². The molecule has 1 aromatic heterocycles. The van der Waals surface area contributed by atoms with Gasteiger partial charge in [-0.25, -0.2) is 4.57 Å². The molecular formula is C42H75N2+. The fraction of sp³-hybridized carbons (Fsp3) is 0.786. The quantitative estimate of drug-likeness (QED) is 0.0578. The highest BCUT2D eigenvalue weighted by Gasteiger charge is 2.18. The first-order valence-corrected chi connectivity index (χ1v) is 20.0. The summed E-state index contributed by atoms with van der Waals surface area (Å²) in [5, 5.41) is 0. The number of hydrogen-bond acceptors (Lipinski definition) is 0. The Balaban J connectivity index is 1.54. The van der Waals surface area contributed by atoms with Crippen LogP contribution in [0.25, 0.3) is 5.69 Å². The average molecular weight is 608 g/mol. The number of imidazole rings is 1. The SMILES string of the molecule is CCCCCCCCCCCCCCCCCCC[n+]1ccn(-c2ccccc2)c1CCCCCCCCCCCCCC. The number of aryl methyl sites for hydroxylation is 1. The maximum absolute atomic E-state index is 2.57. The van der Waals surface area contributed by atoms with Gasteiger partial charge in [-0.05, 0) is 31.4 Å². The summed E-state index contributed by atoms with van der Waals surface area (Å²) in [6.07, 6.45) is 47.2. The normalized spacial score (nSPS) is 11.5. The standard InChI is InChI=1S/C42H75N2/c1-3-5-7-9-11-13-15-17-18-19-20-21-23-25-27-29-34-38-43-39-40-44(41-35-31-30-32-36-41)42(43)37-33-28-26-24-22-16-14-12-10-8-6-4-2/h30-32,35-36,39-40H,3-29,33-34,37-38H2,1-2H3/q+1. The molecule has 0 spiro atoms. The van der Waals surface area contributed by atoms with E-state index in [-0.39, 0.29) is 0 Å². The highest BCUT2D eigenvalue weighted by atomic mass is 15.1. The topological polar surface area (TPSA) is 8.81 Å². The number of para-hydroxylation sites is 1. The van der Waals surface area contributed by atoms with Crippen LogP contribution in [-0.4, -0.2) is 4.57 Å². The second-order valence-corrected chi connectivity index (χ2v) is 13.9. The van der Waals surface area contributed by atoms with E-state index in [1.54, 1.807) is 0 Å². The third kappa shape index (κ3) is 19.7. The van der Waals surface area contributed by atoms with Crippen molar-refractivity contribution in [2.24, 2.45) is 0 Å². The van der Waals surface area contributed by atoms with Crippen LogP contribution in [0.2, 0.25) is 0 Å². The first-order chi connectivity index (χ1) is 21.9. The highest BCUT2D eigenvalue weighted by molar-refractivity contribution is 5.31. The second kappa shape index (κ2) is 28.9. The van der Waals surface area contributed by atoms with Gasteiger partial charge in [-0.2, -0.15) is 4.57 Å². The van der Waals surface area contributed by atoms with Gasteiger partial charge in [-0.3, -0.25) is 0 Å². The van der Waals surface area contributed by atoms with E-state index in [0.717, 1.165) is 0 Å². The lowest BCUT2D eigenvalue weighted by atomic mass is 10.0. The molecule has 44 heavy (non-hydrogen) atoms. The zero-order valence-electron chi connectivity index (χ0n) is 29.9. The van der Waals surface area contributed by atoms with Crippen molar-refractivity contribution in [2.45, 2.75) is 213 Å². The summed E-state index contributed by atoms with van der Waals surface area (Å²) >= 11 is 0. The third-order valence-electron chi connectivity index (χ3n) is 9.80. The summed E-state index contributed by atoms with van der Waals surface area (Å²) < 4.78 is 5.02. The maximum Gasteiger partial charge on any atom is 0.261 e. The Morgan fingerprint density at radius 2 is 0.795 bits per heavy atom.